The van der Waals surface area contributed by atoms with Crippen LogP contribution in [0.3, 0.4) is 0 Å². The minimum atomic E-state index is -1.36. The summed E-state index contributed by atoms with van der Waals surface area (Å²) in [4.78, 5) is 38.2. The summed E-state index contributed by atoms with van der Waals surface area (Å²) in [7, 11) is 0. The second-order valence-corrected chi connectivity index (χ2v) is 7.67. The van der Waals surface area contributed by atoms with Gasteiger partial charge in [-0.1, -0.05) is 36.8 Å². The molecule has 3 rings (SSSR count). The van der Waals surface area contributed by atoms with E-state index in [1.165, 1.54) is 42.5 Å². The van der Waals surface area contributed by atoms with Crippen molar-refractivity contribution in [2.24, 2.45) is 0 Å². The molecule has 0 bridgehead atoms. The Morgan fingerprint density at radius 3 is 2.68 bits per heavy atom. The van der Waals surface area contributed by atoms with Crippen molar-refractivity contribution in [3.05, 3.63) is 40.7 Å². The first-order valence-electron chi connectivity index (χ1n) is 8.86. The van der Waals surface area contributed by atoms with E-state index in [1.807, 2.05) is 0 Å². The lowest BCUT2D eigenvalue weighted by molar-refractivity contribution is -0.133. The van der Waals surface area contributed by atoms with E-state index in [-0.39, 0.29) is 0 Å². The zero-order chi connectivity index (χ0) is 20.3. The third kappa shape index (κ3) is 4.01. The summed E-state index contributed by atoms with van der Waals surface area (Å²) >= 11 is 1.26. The second kappa shape index (κ2) is 8.01. The number of rotatable bonds is 7. The molecule has 1 saturated heterocycles. The van der Waals surface area contributed by atoms with Gasteiger partial charge < -0.3 is 5.32 Å². The summed E-state index contributed by atoms with van der Waals surface area (Å²) in [6, 6.07) is 4.58. The van der Waals surface area contributed by atoms with Gasteiger partial charge in [-0.2, -0.15) is 0 Å². The maximum atomic E-state index is 13.2. The number of aromatic nitrogens is 2. The van der Waals surface area contributed by atoms with E-state index >= 15 is 0 Å². The first-order chi connectivity index (χ1) is 13.3. The zero-order valence-electron chi connectivity index (χ0n) is 15.5. The van der Waals surface area contributed by atoms with Gasteiger partial charge in [0, 0.05) is 6.42 Å². The largest absolute Gasteiger partial charge is 0.325 e. The number of carbonyl (C=O) groups excluding carboxylic acids is 3. The van der Waals surface area contributed by atoms with E-state index in [4.69, 9.17) is 0 Å². The number of hydrogen-bond donors (Lipinski definition) is 2. The standard InChI is InChI=1S/C18H20FN5O3S/c1-3-4-5-14-22-23-16(28-14)20-13(25)10-24-15(26)18(2,21-17(24)27)11-6-8-12(19)9-7-11/h6-9H,3-5,10H2,1-2H3,(H,21,27)(H,20,23,25). The number of amides is 4. The minimum absolute atomic E-state index is 0.324. The van der Waals surface area contributed by atoms with Crippen LogP contribution in [-0.2, 0) is 21.5 Å². The Labute approximate surface area is 165 Å². The Morgan fingerprint density at radius 1 is 1.29 bits per heavy atom. The Bertz CT molecular complexity index is 901. The lowest BCUT2D eigenvalue weighted by Crippen LogP contribution is -2.42. The normalized spacial score (nSPS) is 19.0. The molecule has 4 amide bonds. The van der Waals surface area contributed by atoms with Crippen molar-refractivity contribution in [3.63, 3.8) is 0 Å². The number of aryl methyl sites for hydroxylation is 1. The Hall–Kier alpha value is -2.88. The SMILES string of the molecule is CCCCc1nnc(NC(=O)CN2C(=O)NC(C)(c3ccc(F)cc3)C2=O)s1. The van der Waals surface area contributed by atoms with Gasteiger partial charge in [-0.05, 0) is 31.0 Å². The summed E-state index contributed by atoms with van der Waals surface area (Å²) < 4.78 is 13.2. The lowest BCUT2D eigenvalue weighted by atomic mass is 9.92. The highest BCUT2D eigenvalue weighted by molar-refractivity contribution is 7.15. The first-order valence-corrected chi connectivity index (χ1v) is 9.67. The predicted molar refractivity (Wildman–Crippen MR) is 101 cm³/mol. The van der Waals surface area contributed by atoms with E-state index < -0.39 is 35.7 Å². The van der Waals surface area contributed by atoms with E-state index in [9.17, 15) is 18.8 Å². The highest BCUT2D eigenvalue weighted by atomic mass is 32.1. The molecule has 2 heterocycles. The number of nitrogens with zero attached hydrogens (tertiary/aromatic N) is 3. The monoisotopic (exact) mass is 405 g/mol. The molecule has 10 heteroatoms. The van der Waals surface area contributed by atoms with Crippen LogP contribution in [-0.4, -0.2) is 39.5 Å². The van der Waals surface area contributed by atoms with Gasteiger partial charge in [0.1, 0.15) is 22.9 Å². The molecule has 1 aliphatic rings. The average molecular weight is 405 g/mol. The summed E-state index contributed by atoms with van der Waals surface area (Å²) in [5, 5.41) is 14.2. The van der Waals surface area contributed by atoms with Gasteiger partial charge in [-0.3, -0.25) is 19.8 Å². The Kier molecular flexibility index (Phi) is 5.68. The van der Waals surface area contributed by atoms with Crippen LogP contribution in [0.15, 0.2) is 24.3 Å². The molecule has 1 aromatic heterocycles. The first kappa shape index (κ1) is 19.9. The number of nitrogens with one attached hydrogen (secondary N) is 2. The highest BCUT2D eigenvalue weighted by Gasteiger charge is 2.49. The summed E-state index contributed by atoms with van der Waals surface area (Å²) in [5.41, 5.74) is -0.930. The van der Waals surface area contributed by atoms with E-state index in [0.29, 0.717) is 10.7 Å². The molecule has 8 nitrogen and oxygen atoms in total. The van der Waals surface area contributed by atoms with Crippen LogP contribution in [0.5, 0.6) is 0 Å². The smallest absolute Gasteiger partial charge is 0.319 e. The molecule has 0 aliphatic carbocycles. The van der Waals surface area contributed by atoms with E-state index in [2.05, 4.69) is 27.8 Å². The number of carbonyl (C=O) groups is 3. The fourth-order valence-corrected chi connectivity index (χ4v) is 3.65. The Morgan fingerprint density at radius 2 is 2.00 bits per heavy atom. The van der Waals surface area contributed by atoms with Gasteiger partial charge in [0.05, 0.1) is 0 Å². The highest BCUT2D eigenvalue weighted by Crippen LogP contribution is 2.29. The number of urea groups is 1. The molecule has 2 aromatic rings. The molecule has 2 N–H and O–H groups in total. The van der Waals surface area contributed by atoms with Crippen LogP contribution < -0.4 is 10.6 Å². The maximum Gasteiger partial charge on any atom is 0.325 e. The molecule has 1 unspecified atom stereocenters. The molecule has 1 fully saturated rings. The number of hydrogen-bond acceptors (Lipinski definition) is 6. The van der Waals surface area contributed by atoms with Gasteiger partial charge in [0.15, 0.2) is 0 Å². The molecule has 1 aromatic carbocycles. The molecule has 0 saturated carbocycles. The third-order valence-electron chi connectivity index (χ3n) is 4.46. The molecule has 148 valence electrons. The van der Waals surface area contributed by atoms with E-state index in [1.54, 1.807) is 0 Å². The average Bonchev–Trinajstić information content (AvgIpc) is 3.19. The second-order valence-electron chi connectivity index (χ2n) is 6.61. The molecular formula is C18H20FN5O3S. The summed E-state index contributed by atoms with van der Waals surface area (Å²) in [6.45, 7) is 3.13. The number of anilines is 1. The van der Waals surface area contributed by atoms with Gasteiger partial charge in [-0.15, -0.1) is 10.2 Å². The Balaban J connectivity index is 1.66. The fourth-order valence-electron chi connectivity index (χ4n) is 2.85. The van der Waals surface area contributed by atoms with Crippen molar-refractivity contribution in [1.82, 2.24) is 20.4 Å². The van der Waals surface area contributed by atoms with Crippen LogP contribution in [0, 0.1) is 5.82 Å². The molecule has 28 heavy (non-hydrogen) atoms. The topological polar surface area (TPSA) is 104 Å². The maximum absolute atomic E-state index is 13.2. The van der Waals surface area contributed by atoms with Crippen molar-refractivity contribution < 1.29 is 18.8 Å². The number of benzene rings is 1. The third-order valence-corrected chi connectivity index (χ3v) is 5.35. The van der Waals surface area contributed by atoms with Crippen LogP contribution in [0.2, 0.25) is 0 Å². The van der Waals surface area contributed by atoms with Crippen LogP contribution >= 0.6 is 11.3 Å². The molecule has 1 aliphatic heterocycles. The van der Waals surface area contributed by atoms with Crippen molar-refractivity contribution in [1.29, 1.82) is 0 Å². The van der Waals surface area contributed by atoms with Gasteiger partial charge in [0.25, 0.3) is 5.91 Å². The lowest BCUT2D eigenvalue weighted by Gasteiger charge is -2.22. The van der Waals surface area contributed by atoms with Gasteiger partial charge in [0.2, 0.25) is 11.0 Å². The molecular weight excluding hydrogens is 385 g/mol. The number of halogens is 1. The summed E-state index contributed by atoms with van der Waals surface area (Å²) in [6.07, 6.45) is 2.79. The van der Waals surface area contributed by atoms with Crippen molar-refractivity contribution in [2.45, 2.75) is 38.6 Å². The minimum Gasteiger partial charge on any atom is -0.319 e. The summed E-state index contributed by atoms with van der Waals surface area (Å²) in [5.74, 6) is -1.58. The van der Waals surface area contributed by atoms with Crippen molar-refractivity contribution >= 4 is 34.3 Å². The molecule has 0 radical (unpaired) electrons. The molecule has 1 atom stereocenters. The van der Waals surface area contributed by atoms with Crippen molar-refractivity contribution in [2.75, 3.05) is 11.9 Å². The van der Waals surface area contributed by atoms with Crippen LogP contribution in [0.4, 0.5) is 14.3 Å². The van der Waals surface area contributed by atoms with Crippen molar-refractivity contribution in [3.8, 4) is 0 Å². The number of unbranched alkanes of at least 4 members (excludes halogenated alkanes) is 1. The fraction of sp³-hybridized carbons (Fsp3) is 0.389. The van der Waals surface area contributed by atoms with E-state index in [0.717, 1.165) is 29.2 Å². The van der Waals surface area contributed by atoms with Crippen LogP contribution in [0.25, 0.3) is 0 Å². The van der Waals surface area contributed by atoms with Crippen LogP contribution in [0.1, 0.15) is 37.3 Å². The zero-order valence-corrected chi connectivity index (χ0v) is 16.3. The van der Waals surface area contributed by atoms with Gasteiger partial charge >= 0.3 is 6.03 Å². The molecule has 0 spiro atoms. The van der Waals surface area contributed by atoms with Gasteiger partial charge in [-0.25, -0.2) is 9.18 Å². The quantitative estimate of drug-likeness (QED) is 0.689. The number of imide groups is 1. The predicted octanol–water partition coefficient (Wildman–Crippen LogP) is 2.43.